The van der Waals surface area contributed by atoms with Crippen LogP contribution in [0.15, 0.2) is 58.8 Å². The third kappa shape index (κ3) is 6.66. The maximum Gasteiger partial charge on any atom is 0.257 e. The van der Waals surface area contributed by atoms with Gasteiger partial charge in [-0.3, -0.25) is 14.9 Å². The van der Waals surface area contributed by atoms with E-state index in [0.29, 0.717) is 35.2 Å². The Morgan fingerprint density at radius 2 is 1.71 bits per heavy atom. The van der Waals surface area contributed by atoms with E-state index in [-0.39, 0.29) is 28.3 Å². The van der Waals surface area contributed by atoms with Gasteiger partial charge in [0.2, 0.25) is 15.9 Å². The summed E-state index contributed by atoms with van der Waals surface area (Å²) < 4.78 is 39.6. The molecule has 0 radical (unpaired) electrons. The van der Waals surface area contributed by atoms with E-state index in [0.717, 1.165) is 18.5 Å². The number of thiazole rings is 1. The maximum absolute atomic E-state index is 12.9. The fraction of sp³-hybridized carbons (Fsp3) is 0.261. The maximum atomic E-state index is 12.9. The highest BCUT2D eigenvalue weighted by Crippen LogP contribution is 2.23. The second-order valence-corrected chi connectivity index (χ2v) is 11.6. The SMILES string of the molecule is O=C(CSCc1csc(NC(=O)c2ccc(S(=O)(=O)N3CCCC3)cc2)n1)Nc1ccc(F)cc1. The second kappa shape index (κ2) is 11.3. The molecule has 12 heteroatoms. The van der Waals surface area contributed by atoms with Gasteiger partial charge in [-0.2, -0.15) is 4.31 Å². The first kappa shape index (κ1) is 25.3. The van der Waals surface area contributed by atoms with Crippen molar-refractivity contribution in [1.82, 2.24) is 9.29 Å². The van der Waals surface area contributed by atoms with Gasteiger partial charge in [-0.25, -0.2) is 17.8 Å². The standard InChI is InChI=1S/C23H23FN4O4S3/c24-17-5-7-18(8-6-17)25-21(29)15-33-13-19-14-34-23(26-19)27-22(30)16-3-9-20(10-4-16)35(31,32)28-11-1-2-12-28/h3-10,14H,1-2,11-13,15H2,(H,25,29)(H,26,27,30). The molecule has 2 heterocycles. The monoisotopic (exact) mass is 534 g/mol. The molecule has 184 valence electrons. The molecule has 0 bridgehead atoms. The predicted octanol–water partition coefficient (Wildman–Crippen LogP) is 4.19. The molecule has 3 aromatic rings. The van der Waals surface area contributed by atoms with Crippen LogP contribution in [-0.4, -0.2) is 48.4 Å². The number of hydrogen-bond donors (Lipinski definition) is 2. The van der Waals surface area contributed by atoms with E-state index in [1.54, 1.807) is 5.38 Å². The van der Waals surface area contributed by atoms with Crippen molar-refractivity contribution in [3.8, 4) is 0 Å². The summed E-state index contributed by atoms with van der Waals surface area (Å²) in [6, 6.07) is 11.4. The lowest BCUT2D eigenvalue weighted by molar-refractivity contribution is -0.113. The molecule has 1 saturated heterocycles. The summed E-state index contributed by atoms with van der Waals surface area (Å²) in [5.41, 5.74) is 1.57. The summed E-state index contributed by atoms with van der Waals surface area (Å²) in [6.45, 7) is 1.04. The lowest BCUT2D eigenvalue weighted by Crippen LogP contribution is -2.27. The first-order valence-electron chi connectivity index (χ1n) is 10.8. The van der Waals surface area contributed by atoms with Gasteiger partial charge in [0, 0.05) is 35.5 Å². The summed E-state index contributed by atoms with van der Waals surface area (Å²) in [5, 5.41) is 7.62. The number of sulfonamides is 1. The molecule has 35 heavy (non-hydrogen) atoms. The van der Waals surface area contributed by atoms with Gasteiger partial charge in [-0.15, -0.1) is 23.1 Å². The molecule has 2 N–H and O–H groups in total. The van der Waals surface area contributed by atoms with Crippen LogP contribution in [0.25, 0.3) is 0 Å². The molecular weight excluding hydrogens is 511 g/mol. The molecular formula is C23H23FN4O4S3. The molecule has 0 aliphatic carbocycles. The number of benzene rings is 2. The molecule has 0 unspecified atom stereocenters. The summed E-state index contributed by atoms with van der Waals surface area (Å²) in [6.07, 6.45) is 1.72. The fourth-order valence-electron chi connectivity index (χ4n) is 3.43. The molecule has 1 aromatic heterocycles. The molecule has 1 aliphatic rings. The minimum atomic E-state index is -3.53. The minimum absolute atomic E-state index is 0.174. The van der Waals surface area contributed by atoms with Gasteiger partial charge in [0.25, 0.3) is 5.91 Å². The molecule has 2 aromatic carbocycles. The molecule has 0 saturated carbocycles. The highest BCUT2D eigenvalue weighted by molar-refractivity contribution is 7.99. The summed E-state index contributed by atoms with van der Waals surface area (Å²) in [4.78, 5) is 29.1. The van der Waals surface area contributed by atoms with Gasteiger partial charge < -0.3 is 5.32 Å². The predicted molar refractivity (Wildman–Crippen MR) is 136 cm³/mol. The lowest BCUT2D eigenvalue weighted by Gasteiger charge is -2.15. The number of amides is 2. The topological polar surface area (TPSA) is 108 Å². The van der Waals surface area contributed by atoms with E-state index in [1.165, 1.54) is 75.9 Å². The number of thioether (sulfide) groups is 1. The van der Waals surface area contributed by atoms with Crippen molar-refractivity contribution in [1.29, 1.82) is 0 Å². The van der Waals surface area contributed by atoms with E-state index in [9.17, 15) is 22.4 Å². The van der Waals surface area contributed by atoms with Crippen LogP contribution in [0.3, 0.4) is 0 Å². The number of aromatic nitrogens is 1. The largest absolute Gasteiger partial charge is 0.325 e. The number of nitrogens with one attached hydrogen (secondary N) is 2. The molecule has 1 aliphatic heterocycles. The van der Waals surface area contributed by atoms with Crippen LogP contribution in [-0.2, 0) is 20.6 Å². The van der Waals surface area contributed by atoms with Gasteiger partial charge in [0.1, 0.15) is 5.82 Å². The number of anilines is 2. The van der Waals surface area contributed by atoms with E-state index < -0.39 is 10.0 Å². The quantitative estimate of drug-likeness (QED) is 0.426. The Balaban J connectivity index is 1.25. The Morgan fingerprint density at radius 3 is 2.40 bits per heavy atom. The number of nitrogens with zero attached hydrogens (tertiary/aromatic N) is 2. The first-order valence-corrected chi connectivity index (χ1v) is 14.3. The Bertz CT molecular complexity index is 1290. The van der Waals surface area contributed by atoms with Crippen LogP contribution >= 0.6 is 23.1 Å². The lowest BCUT2D eigenvalue weighted by atomic mass is 10.2. The van der Waals surface area contributed by atoms with Crippen LogP contribution < -0.4 is 10.6 Å². The highest BCUT2D eigenvalue weighted by atomic mass is 32.2. The number of halogens is 1. The van der Waals surface area contributed by atoms with Crippen molar-refractivity contribution < 1.29 is 22.4 Å². The second-order valence-electron chi connectivity index (χ2n) is 7.78. The Hall–Kier alpha value is -2.80. The van der Waals surface area contributed by atoms with Crippen LogP contribution in [0, 0.1) is 5.82 Å². The van der Waals surface area contributed by atoms with Gasteiger partial charge in [-0.1, -0.05) is 0 Å². The molecule has 2 amide bonds. The van der Waals surface area contributed by atoms with Crippen LogP contribution in [0.2, 0.25) is 0 Å². The van der Waals surface area contributed by atoms with Gasteiger partial charge in [0.05, 0.1) is 16.3 Å². The molecule has 0 spiro atoms. The van der Waals surface area contributed by atoms with Crippen LogP contribution in [0.1, 0.15) is 28.9 Å². The smallest absolute Gasteiger partial charge is 0.257 e. The Kier molecular flexibility index (Phi) is 8.16. The molecule has 8 nitrogen and oxygen atoms in total. The van der Waals surface area contributed by atoms with Crippen molar-refractivity contribution in [2.45, 2.75) is 23.5 Å². The minimum Gasteiger partial charge on any atom is -0.325 e. The van der Waals surface area contributed by atoms with Crippen LogP contribution in [0.5, 0.6) is 0 Å². The van der Waals surface area contributed by atoms with Crippen molar-refractivity contribution in [3.05, 3.63) is 71.0 Å². The van der Waals surface area contributed by atoms with Gasteiger partial charge in [-0.05, 0) is 61.4 Å². The van der Waals surface area contributed by atoms with Crippen LogP contribution in [0.4, 0.5) is 15.2 Å². The number of carbonyl (C=O) groups excluding carboxylic acids is 2. The van der Waals surface area contributed by atoms with E-state index >= 15 is 0 Å². The van der Waals surface area contributed by atoms with Crippen molar-refractivity contribution in [2.75, 3.05) is 29.5 Å². The fourth-order valence-corrected chi connectivity index (χ4v) is 6.48. The van der Waals surface area contributed by atoms with Crippen molar-refractivity contribution in [2.24, 2.45) is 0 Å². The Morgan fingerprint density at radius 1 is 1.03 bits per heavy atom. The number of rotatable bonds is 9. The van der Waals surface area contributed by atoms with Crippen molar-refractivity contribution in [3.63, 3.8) is 0 Å². The molecule has 1 fully saturated rings. The average Bonchev–Trinajstić information content (AvgIpc) is 3.54. The number of carbonyl (C=O) groups is 2. The zero-order valence-electron chi connectivity index (χ0n) is 18.6. The third-order valence-electron chi connectivity index (χ3n) is 5.20. The zero-order chi connectivity index (χ0) is 24.8. The Labute approximate surface area is 211 Å². The average molecular weight is 535 g/mol. The first-order chi connectivity index (χ1) is 16.8. The molecule has 4 rings (SSSR count). The summed E-state index contributed by atoms with van der Waals surface area (Å²) in [7, 11) is -3.53. The summed E-state index contributed by atoms with van der Waals surface area (Å²) >= 11 is 2.63. The van der Waals surface area contributed by atoms with E-state index in [1.807, 2.05) is 0 Å². The van der Waals surface area contributed by atoms with Gasteiger partial charge >= 0.3 is 0 Å². The number of hydrogen-bond acceptors (Lipinski definition) is 7. The highest BCUT2D eigenvalue weighted by Gasteiger charge is 2.27. The zero-order valence-corrected chi connectivity index (χ0v) is 21.0. The molecule has 0 atom stereocenters. The summed E-state index contributed by atoms with van der Waals surface area (Å²) in [5.74, 6) is -0.288. The van der Waals surface area contributed by atoms with Gasteiger partial charge in [0.15, 0.2) is 5.13 Å². The van der Waals surface area contributed by atoms with E-state index in [4.69, 9.17) is 0 Å². The third-order valence-corrected chi connectivity index (χ3v) is 8.89. The van der Waals surface area contributed by atoms with E-state index in [2.05, 4.69) is 15.6 Å². The normalized spacial score (nSPS) is 14.1. The van der Waals surface area contributed by atoms with Crippen molar-refractivity contribution >= 4 is 55.8 Å².